The Balaban J connectivity index is 1.77. The van der Waals surface area contributed by atoms with Crippen molar-refractivity contribution in [3.05, 3.63) is 71.2 Å². The smallest absolute Gasteiger partial charge is 0.322 e. The van der Waals surface area contributed by atoms with Crippen LogP contribution in [0.5, 0.6) is 0 Å². The summed E-state index contributed by atoms with van der Waals surface area (Å²) >= 11 is 2.64. The Hall–Kier alpha value is -3.11. The fourth-order valence-corrected chi connectivity index (χ4v) is 4.06. The molecule has 5 nitrogen and oxygen atoms in total. The van der Waals surface area contributed by atoms with Gasteiger partial charge < -0.3 is 5.32 Å². The number of hydrogen-bond donors (Lipinski definition) is 1. The highest BCUT2D eigenvalue weighted by Crippen LogP contribution is 2.35. The van der Waals surface area contributed by atoms with Gasteiger partial charge in [-0.15, -0.1) is 23.1 Å². The van der Waals surface area contributed by atoms with Crippen molar-refractivity contribution in [3.63, 3.8) is 0 Å². The number of aromatic nitrogens is 1. The number of anilines is 3. The maximum Gasteiger partial charge on any atom is 0.416 e. The Labute approximate surface area is 191 Å². The van der Waals surface area contributed by atoms with Crippen molar-refractivity contribution >= 4 is 57.5 Å². The predicted octanol–water partition coefficient (Wildman–Crippen LogP) is 6.22. The Morgan fingerprint density at radius 3 is 2.59 bits per heavy atom. The van der Waals surface area contributed by atoms with Crippen LogP contribution in [0.4, 0.5) is 29.7 Å². The van der Waals surface area contributed by atoms with Gasteiger partial charge in [0.15, 0.2) is 5.13 Å². The number of rotatable bonds is 6. The van der Waals surface area contributed by atoms with Crippen molar-refractivity contribution in [2.45, 2.75) is 18.0 Å². The van der Waals surface area contributed by atoms with Crippen LogP contribution in [0.25, 0.3) is 6.08 Å². The number of halogens is 3. The average Bonchev–Trinajstić information content (AvgIpc) is 3.20. The second kappa shape index (κ2) is 10.0. The minimum atomic E-state index is -4.53. The van der Waals surface area contributed by atoms with Gasteiger partial charge in [-0.3, -0.25) is 14.5 Å². The molecular formula is C22H18F3N3O2S2. The Morgan fingerprint density at radius 1 is 1.16 bits per heavy atom. The summed E-state index contributed by atoms with van der Waals surface area (Å²) in [5.41, 5.74) is 0.248. The van der Waals surface area contributed by atoms with E-state index < -0.39 is 17.6 Å². The fourth-order valence-electron chi connectivity index (χ4n) is 2.75. The molecule has 0 fully saturated rings. The highest BCUT2D eigenvalue weighted by atomic mass is 32.2. The summed E-state index contributed by atoms with van der Waals surface area (Å²) in [5.74, 6) is -0.847. The minimum Gasteiger partial charge on any atom is -0.322 e. The topological polar surface area (TPSA) is 62.3 Å². The molecule has 3 aromatic rings. The van der Waals surface area contributed by atoms with E-state index in [4.69, 9.17) is 0 Å². The zero-order chi connectivity index (χ0) is 23.3. The summed E-state index contributed by atoms with van der Waals surface area (Å²) in [6, 6.07) is 11.9. The van der Waals surface area contributed by atoms with E-state index in [0.29, 0.717) is 11.4 Å². The number of benzene rings is 2. The van der Waals surface area contributed by atoms with Crippen LogP contribution in [0.3, 0.4) is 0 Å². The van der Waals surface area contributed by atoms with Crippen LogP contribution in [0.1, 0.15) is 18.2 Å². The Kier molecular flexibility index (Phi) is 7.37. The van der Waals surface area contributed by atoms with Crippen LogP contribution in [-0.2, 0) is 15.8 Å². The zero-order valence-corrected chi connectivity index (χ0v) is 18.6. The van der Waals surface area contributed by atoms with E-state index in [1.807, 2.05) is 24.5 Å². The standard InChI is InChI=1S/C22H18F3N3O2S2/c1-14(29)28(18-7-3-5-15(11-18)22(23,24)25)21-27-17(13-32-21)9-10-20(30)26-16-6-4-8-19(12-16)31-2/h3-13H,1-2H3,(H,26,30)/b10-9+. The molecule has 1 heterocycles. The minimum absolute atomic E-state index is 0.0589. The van der Waals surface area contributed by atoms with Crippen LogP contribution in [0, 0.1) is 0 Å². The van der Waals surface area contributed by atoms with Gasteiger partial charge in [0.25, 0.3) is 0 Å². The molecule has 3 rings (SSSR count). The molecule has 2 aromatic carbocycles. The summed E-state index contributed by atoms with van der Waals surface area (Å²) < 4.78 is 39.1. The van der Waals surface area contributed by atoms with Crippen molar-refractivity contribution in [1.29, 1.82) is 0 Å². The number of nitrogens with zero attached hydrogens (tertiary/aromatic N) is 2. The number of thiazole rings is 1. The van der Waals surface area contributed by atoms with Gasteiger partial charge in [0.05, 0.1) is 16.9 Å². The molecule has 0 spiro atoms. The van der Waals surface area contributed by atoms with Crippen molar-refractivity contribution in [1.82, 2.24) is 4.98 Å². The monoisotopic (exact) mass is 477 g/mol. The van der Waals surface area contributed by atoms with Crippen LogP contribution in [0.2, 0.25) is 0 Å². The van der Waals surface area contributed by atoms with E-state index in [1.165, 1.54) is 31.2 Å². The highest BCUT2D eigenvalue weighted by molar-refractivity contribution is 7.98. The van der Waals surface area contributed by atoms with Gasteiger partial charge in [0, 0.05) is 29.0 Å². The third kappa shape index (κ3) is 5.98. The lowest BCUT2D eigenvalue weighted by Gasteiger charge is -2.19. The van der Waals surface area contributed by atoms with E-state index in [-0.39, 0.29) is 16.7 Å². The number of carbonyl (C=O) groups excluding carboxylic acids is 2. The van der Waals surface area contributed by atoms with E-state index >= 15 is 0 Å². The van der Waals surface area contributed by atoms with Gasteiger partial charge >= 0.3 is 6.18 Å². The molecule has 0 saturated heterocycles. The van der Waals surface area contributed by atoms with Crippen LogP contribution in [0.15, 0.2) is 64.9 Å². The third-order valence-corrected chi connectivity index (χ3v) is 5.76. The van der Waals surface area contributed by atoms with E-state index in [9.17, 15) is 22.8 Å². The van der Waals surface area contributed by atoms with E-state index in [1.54, 1.807) is 23.2 Å². The summed E-state index contributed by atoms with van der Waals surface area (Å²) in [4.78, 5) is 30.7. The van der Waals surface area contributed by atoms with Crippen molar-refractivity contribution in [3.8, 4) is 0 Å². The fraction of sp³-hybridized carbons (Fsp3) is 0.136. The first-order valence-electron chi connectivity index (χ1n) is 9.24. The van der Waals surface area contributed by atoms with Crippen LogP contribution < -0.4 is 10.2 Å². The number of nitrogens with one attached hydrogen (secondary N) is 1. The second-order valence-electron chi connectivity index (χ2n) is 6.51. The highest BCUT2D eigenvalue weighted by Gasteiger charge is 2.31. The largest absolute Gasteiger partial charge is 0.416 e. The molecule has 0 bridgehead atoms. The predicted molar refractivity (Wildman–Crippen MR) is 122 cm³/mol. The maximum atomic E-state index is 13.0. The van der Waals surface area contributed by atoms with Crippen molar-refractivity contribution < 1.29 is 22.8 Å². The number of hydrogen-bond acceptors (Lipinski definition) is 5. The normalized spacial score (nSPS) is 11.5. The van der Waals surface area contributed by atoms with E-state index in [0.717, 1.165) is 33.3 Å². The molecule has 10 heteroatoms. The molecule has 0 atom stereocenters. The first-order valence-corrected chi connectivity index (χ1v) is 11.3. The van der Waals surface area contributed by atoms with E-state index in [2.05, 4.69) is 10.3 Å². The van der Waals surface area contributed by atoms with Gasteiger partial charge in [-0.2, -0.15) is 13.2 Å². The quantitative estimate of drug-likeness (QED) is 0.338. The summed E-state index contributed by atoms with van der Waals surface area (Å²) in [5, 5.41) is 4.55. The molecule has 1 N–H and O–H groups in total. The number of alkyl halides is 3. The molecule has 166 valence electrons. The van der Waals surface area contributed by atoms with Crippen molar-refractivity contribution in [2.75, 3.05) is 16.5 Å². The van der Waals surface area contributed by atoms with Gasteiger partial charge in [0.2, 0.25) is 11.8 Å². The molecule has 0 unspecified atom stereocenters. The molecule has 1 aromatic heterocycles. The lowest BCUT2D eigenvalue weighted by atomic mass is 10.2. The van der Waals surface area contributed by atoms with Crippen molar-refractivity contribution in [2.24, 2.45) is 0 Å². The van der Waals surface area contributed by atoms with Gasteiger partial charge in [-0.05, 0) is 48.7 Å². The number of thioether (sulfide) groups is 1. The number of carbonyl (C=O) groups is 2. The van der Waals surface area contributed by atoms with Gasteiger partial charge in [0.1, 0.15) is 0 Å². The Morgan fingerprint density at radius 2 is 1.91 bits per heavy atom. The molecule has 0 saturated carbocycles. The van der Waals surface area contributed by atoms with Gasteiger partial charge in [-0.25, -0.2) is 4.98 Å². The summed E-state index contributed by atoms with van der Waals surface area (Å²) in [7, 11) is 0. The summed E-state index contributed by atoms with van der Waals surface area (Å²) in [6.45, 7) is 1.24. The first-order chi connectivity index (χ1) is 15.2. The molecule has 0 aliphatic rings. The second-order valence-corrected chi connectivity index (χ2v) is 8.23. The van der Waals surface area contributed by atoms with Crippen LogP contribution >= 0.6 is 23.1 Å². The SMILES string of the molecule is CSc1cccc(NC(=O)/C=C/c2csc(N(C(C)=O)c3cccc(C(F)(F)F)c3)n2)c1. The molecule has 2 amide bonds. The first kappa shape index (κ1) is 23.6. The molecular weight excluding hydrogens is 459 g/mol. The van der Waals surface area contributed by atoms with Crippen LogP contribution in [-0.4, -0.2) is 23.1 Å². The molecule has 0 aliphatic heterocycles. The average molecular weight is 478 g/mol. The lowest BCUT2D eigenvalue weighted by molar-refractivity contribution is -0.137. The lowest BCUT2D eigenvalue weighted by Crippen LogP contribution is -2.23. The zero-order valence-electron chi connectivity index (χ0n) is 17.0. The molecule has 32 heavy (non-hydrogen) atoms. The summed E-state index contributed by atoms with van der Waals surface area (Å²) in [6.07, 6.45) is 0.174. The molecule has 0 aliphatic carbocycles. The maximum absolute atomic E-state index is 13.0. The van der Waals surface area contributed by atoms with Gasteiger partial charge in [-0.1, -0.05) is 12.1 Å². The molecule has 0 radical (unpaired) electrons. The number of amides is 2. The Bertz CT molecular complexity index is 1160. The third-order valence-electron chi connectivity index (χ3n) is 4.19.